The molecule has 4 atom stereocenters. The molecule has 1 aromatic heterocycles. The first-order valence-electron chi connectivity index (χ1n) is 9.51. The van der Waals surface area contributed by atoms with Gasteiger partial charge in [0.25, 0.3) is 0 Å². The minimum atomic E-state index is -0.209. The first-order chi connectivity index (χ1) is 12.6. The molecule has 1 aromatic carbocycles. The molecule has 1 saturated carbocycles. The first kappa shape index (κ1) is 17.4. The number of halogens is 1. The number of esters is 1. The Balaban J connectivity index is 1.49. The Morgan fingerprint density at radius 2 is 2.04 bits per heavy atom. The third-order valence-electron chi connectivity index (χ3n) is 6.13. The predicted molar refractivity (Wildman–Crippen MR) is 98.3 cm³/mol. The van der Waals surface area contributed by atoms with Crippen molar-refractivity contribution in [2.24, 2.45) is 11.8 Å². The molecule has 2 heterocycles. The second kappa shape index (κ2) is 6.95. The maximum atomic E-state index is 13.7. The topological polar surface area (TPSA) is 42.4 Å². The van der Waals surface area contributed by atoms with Crippen LogP contribution in [-0.2, 0) is 9.53 Å². The lowest BCUT2D eigenvalue weighted by molar-refractivity contribution is -0.148. The molecule has 2 aliphatic rings. The second-order valence-electron chi connectivity index (χ2n) is 7.63. The predicted octanol–water partition coefficient (Wildman–Crippen LogP) is 3.75. The third-order valence-corrected chi connectivity index (χ3v) is 6.13. The number of pyridine rings is 1. The molecule has 4 rings (SSSR count). The van der Waals surface area contributed by atoms with Crippen molar-refractivity contribution in [2.45, 2.75) is 38.6 Å². The SMILES string of the molecule is CCOC(=O)C(C)N1C[C@H]2CC(c3ccnc4ccc(F)cc34)C[C@H]2C1. The van der Waals surface area contributed by atoms with Gasteiger partial charge in [0.15, 0.2) is 0 Å². The van der Waals surface area contributed by atoms with E-state index in [9.17, 15) is 9.18 Å². The van der Waals surface area contributed by atoms with Crippen LogP contribution >= 0.6 is 0 Å². The molecule has 0 N–H and O–H groups in total. The maximum absolute atomic E-state index is 13.7. The Morgan fingerprint density at radius 1 is 1.31 bits per heavy atom. The van der Waals surface area contributed by atoms with Crippen LogP contribution in [-0.4, -0.2) is 41.6 Å². The lowest BCUT2D eigenvalue weighted by atomic mass is 9.93. The Morgan fingerprint density at radius 3 is 2.73 bits per heavy atom. The fraction of sp³-hybridized carbons (Fsp3) is 0.524. The highest BCUT2D eigenvalue weighted by Gasteiger charge is 2.43. The van der Waals surface area contributed by atoms with Crippen LogP contribution in [0.15, 0.2) is 30.5 Å². The number of ether oxygens (including phenoxy) is 1. The Bertz CT molecular complexity index is 811. The van der Waals surface area contributed by atoms with Crippen LogP contribution in [0.25, 0.3) is 10.9 Å². The van der Waals surface area contributed by atoms with E-state index >= 15 is 0 Å². The Kier molecular flexibility index (Phi) is 4.65. The number of carbonyl (C=O) groups is 1. The second-order valence-corrected chi connectivity index (χ2v) is 7.63. The zero-order chi connectivity index (χ0) is 18.3. The molecule has 5 heteroatoms. The number of likely N-dealkylation sites (tertiary alicyclic amines) is 1. The van der Waals surface area contributed by atoms with Gasteiger partial charge in [-0.2, -0.15) is 0 Å². The fourth-order valence-corrected chi connectivity index (χ4v) is 4.81. The summed E-state index contributed by atoms with van der Waals surface area (Å²) in [5.74, 6) is 1.29. The Labute approximate surface area is 153 Å². The van der Waals surface area contributed by atoms with Crippen LogP contribution in [0.4, 0.5) is 4.39 Å². The van der Waals surface area contributed by atoms with Gasteiger partial charge in [0, 0.05) is 24.7 Å². The summed E-state index contributed by atoms with van der Waals surface area (Å²) in [6.07, 6.45) is 4.01. The number of fused-ring (bicyclic) bond motifs is 2. The summed E-state index contributed by atoms with van der Waals surface area (Å²) < 4.78 is 18.9. The standard InChI is InChI=1S/C21H25FN2O2/c1-3-26-21(25)13(2)24-11-15-8-14(9-16(15)12-24)18-6-7-23-20-5-4-17(22)10-19(18)20/h4-7,10,13-16H,3,8-9,11-12H2,1-2H3/t13?,14?,15-,16+. The molecule has 0 spiro atoms. The van der Waals surface area contributed by atoms with E-state index in [4.69, 9.17) is 4.74 Å². The van der Waals surface area contributed by atoms with Crippen molar-refractivity contribution in [3.8, 4) is 0 Å². The molecule has 138 valence electrons. The van der Waals surface area contributed by atoms with Crippen molar-refractivity contribution in [1.29, 1.82) is 0 Å². The molecule has 2 fully saturated rings. The smallest absolute Gasteiger partial charge is 0.323 e. The molecule has 0 amide bonds. The summed E-state index contributed by atoms with van der Waals surface area (Å²) in [6, 6.07) is 6.71. The molecule has 1 aliphatic carbocycles. The van der Waals surface area contributed by atoms with Gasteiger partial charge in [0.2, 0.25) is 0 Å². The van der Waals surface area contributed by atoms with Crippen LogP contribution in [0, 0.1) is 17.7 Å². The molecular weight excluding hydrogens is 331 g/mol. The number of nitrogens with zero attached hydrogens (tertiary/aromatic N) is 2. The summed E-state index contributed by atoms with van der Waals surface area (Å²) in [5, 5.41) is 0.939. The number of benzene rings is 1. The van der Waals surface area contributed by atoms with E-state index in [1.165, 1.54) is 11.6 Å². The van der Waals surface area contributed by atoms with Crippen LogP contribution < -0.4 is 0 Å². The van der Waals surface area contributed by atoms with E-state index < -0.39 is 0 Å². The average Bonchev–Trinajstić information content (AvgIpc) is 3.19. The zero-order valence-electron chi connectivity index (χ0n) is 15.3. The molecule has 26 heavy (non-hydrogen) atoms. The summed E-state index contributed by atoms with van der Waals surface area (Å²) in [7, 11) is 0. The van der Waals surface area contributed by atoms with E-state index in [0.717, 1.165) is 36.8 Å². The van der Waals surface area contributed by atoms with Gasteiger partial charge in [-0.15, -0.1) is 0 Å². The van der Waals surface area contributed by atoms with E-state index in [1.54, 1.807) is 12.1 Å². The van der Waals surface area contributed by atoms with Gasteiger partial charge in [-0.1, -0.05) is 0 Å². The van der Waals surface area contributed by atoms with Gasteiger partial charge in [-0.25, -0.2) is 4.39 Å². The Hall–Kier alpha value is -2.01. The van der Waals surface area contributed by atoms with Crippen LogP contribution in [0.5, 0.6) is 0 Å². The van der Waals surface area contributed by atoms with Crippen LogP contribution in [0.2, 0.25) is 0 Å². The molecule has 0 bridgehead atoms. The monoisotopic (exact) mass is 356 g/mol. The molecule has 4 nitrogen and oxygen atoms in total. The zero-order valence-corrected chi connectivity index (χ0v) is 15.3. The van der Waals surface area contributed by atoms with E-state index in [1.807, 2.05) is 26.1 Å². The summed E-state index contributed by atoms with van der Waals surface area (Å²) in [5.41, 5.74) is 2.08. The van der Waals surface area contributed by atoms with Gasteiger partial charge in [0.05, 0.1) is 12.1 Å². The third kappa shape index (κ3) is 3.09. The van der Waals surface area contributed by atoms with Gasteiger partial charge in [0.1, 0.15) is 11.9 Å². The highest BCUT2D eigenvalue weighted by molar-refractivity contribution is 5.82. The van der Waals surface area contributed by atoms with E-state index in [2.05, 4.69) is 9.88 Å². The number of rotatable bonds is 4. The first-order valence-corrected chi connectivity index (χ1v) is 9.51. The van der Waals surface area contributed by atoms with Gasteiger partial charge in [-0.3, -0.25) is 14.7 Å². The van der Waals surface area contributed by atoms with Crippen molar-refractivity contribution >= 4 is 16.9 Å². The van der Waals surface area contributed by atoms with Crippen molar-refractivity contribution in [1.82, 2.24) is 9.88 Å². The number of hydrogen-bond acceptors (Lipinski definition) is 4. The molecule has 2 unspecified atom stereocenters. The molecule has 1 saturated heterocycles. The highest BCUT2D eigenvalue weighted by atomic mass is 19.1. The minimum Gasteiger partial charge on any atom is -0.465 e. The fourth-order valence-electron chi connectivity index (χ4n) is 4.81. The average molecular weight is 356 g/mol. The van der Waals surface area contributed by atoms with Gasteiger partial charge in [-0.05, 0) is 74.3 Å². The number of carbonyl (C=O) groups excluding carboxylic acids is 1. The van der Waals surface area contributed by atoms with Crippen molar-refractivity contribution in [3.63, 3.8) is 0 Å². The maximum Gasteiger partial charge on any atom is 0.323 e. The van der Waals surface area contributed by atoms with Crippen LogP contribution in [0.1, 0.15) is 38.2 Å². The van der Waals surface area contributed by atoms with Crippen molar-refractivity contribution in [2.75, 3.05) is 19.7 Å². The molecular formula is C21H25FN2O2. The van der Waals surface area contributed by atoms with Crippen molar-refractivity contribution in [3.05, 3.63) is 41.8 Å². The van der Waals surface area contributed by atoms with Gasteiger partial charge < -0.3 is 4.74 Å². The van der Waals surface area contributed by atoms with Gasteiger partial charge >= 0.3 is 5.97 Å². The quantitative estimate of drug-likeness (QED) is 0.783. The normalized spacial score (nSPS) is 26.8. The molecule has 2 aromatic rings. The molecule has 0 radical (unpaired) electrons. The summed E-state index contributed by atoms with van der Waals surface area (Å²) in [6.45, 7) is 6.10. The summed E-state index contributed by atoms with van der Waals surface area (Å²) in [4.78, 5) is 18.6. The molecule has 1 aliphatic heterocycles. The number of hydrogen-bond donors (Lipinski definition) is 0. The van der Waals surface area contributed by atoms with E-state index in [0.29, 0.717) is 24.4 Å². The lowest BCUT2D eigenvalue weighted by Gasteiger charge is -2.24. The largest absolute Gasteiger partial charge is 0.465 e. The highest BCUT2D eigenvalue weighted by Crippen LogP contribution is 2.47. The lowest BCUT2D eigenvalue weighted by Crippen LogP contribution is -2.39. The van der Waals surface area contributed by atoms with Crippen molar-refractivity contribution < 1.29 is 13.9 Å². The minimum absolute atomic E-state index is 0.125. The van der Waals surface area contributed by atoms with Crippen LogP contribution in [0.3, 0.4) is 0 Å². The van der Waals surface area contributed by atoms with E-state index in [-0.39, 0.29) is 17.8 Å². The number of aromatic nitrogens is 1. The summed E-state index contributed by atoms with van der Waals surface area (Å²) >= 11 is 0.